The Hall–Kier alpha value is -5.28. The Morgan fingerprint density at radius 2 is 0.714 bits per heavy atom. The number of hydrogen-bond acceptors (Lipinski definition) is 3. The van der Waals surface area contributed by atoms with Gasteiger partial charge in [-0.2, -0.15) is 0 Å². The van der Waals surface area contributed by atoms with E-state index >= 15 is 0 Å². The van der Waals surface area contributed by atoms with Gasteiger partial charge < -0.3 is 14.5 Å². The summed E-state index contributed by atoms with van der Waals surface area (Å²) in [5.74, 6) is 1.55. The first-order valence-electron chi connectivity index (χ1n) is 17.2. The van der Waals surface area contributed by atoms with Crippen LogP contribution < -0.4 is 14.5 Å². The molecule has 0 spiro atoms. The van der Waals surface area contributed by atoms with Gasteiger partial charge in [-0.1, -0.05) is 119 Å². The van der Waals surface area contributed by atoms with E-state index in [2.05, 4.69) is 180 Å². The van der Waals surface area contributed by atoms with E-state index in [1.54, 1.807) is 0 Å². The first-order valence-corrected chi connectivity index (χ1v) is 17.2. The van der Waals surface area contributed by atoms with Crippen molar-refractivity contribution < 1.29 is 4.74 Å². The average molecular weight is 645 g/mol. The summed E-state index contributed by atoms with van der Waals surface area (Å²) >= 11 is 0. The zero-order chi connectivity index (χ0) is 34.8. The van der Waals surface area contributed by atoms with E-state index in [0.717, 1.165) is 45.6 Å². The molecule has 0 unspecified atom stereocenters. The Kier molecular flexibility index (Phi) is 9.39. The summed E-state index contributed by atoms with van der Waals surface area (Å²) in [4.78, 5) is 4.65. The van der Waals surface area contributed by atoms with Gasteiger partial charge in [0.25, 0.3) is 0 Å². The molecule has 3 nitrogen and oxygen atoms in total. The van der Waals surface area contributed by atoms with E-state index in [-0.39, 0.29) is 10.8 Å². The Balaban J connectivity index is 1.58. The van der Waals surface area contributed by atoms with Crippen LogP contribution in [0.15, 0.2) is 146 Å². The number of hydrogen-bond donors (Lipinski definition) is 0. The lowest BCUT2D eigenvalue weighted by Gasteiger charge is -2.31. The summed E-state index contributed by atoms with van der Waals surface area (Å²) in [6.45, 7) is 17.8. The van der Waals surface area contributed by atoms with Crippen molar-refractivity contribution in [3.63, 3.8) is 0 Å². The molecular formula is C46H48N2O. The zero-order valence-electron chi connectivity index (χ0n) is 30.2. The van der Waals surface area contributed by atoms with Crippen LogP contribution in [0.3, 0.4) is 0 Å². The minimum Gasteiger partial charge on any atom is -0.457 e. The van der Waals surface area contributed by atoms with Crippen molar-refractivity contribution in [3.05, 3.63) is 168 Å². The lowest BCUT2D eigenvalue weighted by atomic mass is 9.87. The number of para-hydroxylation sites is 1. The molecule has 0 aliphatic carbocycles. The summed E-state index contributed by atoms with van der Waals surface area (Å²) in [5.41, 5.74) is 11.5. The maximum absolute atomic E-state index is 6.62. The molecule has 3 heteroatoms. The second kappa shape index (κ2) is 13.7. The fourth-order valence-electron chi connectivity index (χ4n) is 6.01. The molecule has 0 N–H and O–H groups in total. The van der Waals surface area contributed by atoms with Crippen molar-refractivity contribution in [3.8, 4) is 11.5 Å². The highest BCUT2D eigenvalue weighted by Crippen LogP contribution is 2.44. The standard InChI is InChI=1S/C46H48N2O/c1-33-14-22-37(23-15-33)47(39-26-18-35(19-27-39)45(3,4)5)41-30-42(32-44(31-41)49-43-12-10-9-11-13-43)48(38-24-16-34(2)17-25-38)40-28-20-36(21-29-40)46(6,7)8/h9-32H,1-8H3. The molecule has 248 valence electrons. The van der Waals surface area contributed by atoms with Crippen LogP contribution in [0.2, 0.25) is 0 Å². The third-order valence-electron chi connectivity index (χ3n) is 8.94. The quantitative estimate of drug-likeness (QED) is 0.164. The topological polar surface area (TPSA) is 15.7 Å². The summed E-state index contributed by atoms with van der Waals surface area (Å²) < 4.78 is 6.62. The number of aryl methyl sites for hydroxylation is 2. The second-order valence-electron chi connectivity index (χ2n) is 15.0. The van der Waals surface area contributed by atoms with Gasteiger partial charge in [0.1, 0.15) is 11.5 Å². The smallest absolute Gasteiger partial charge is 0.131 e. The highest BCUT2D eigenvalue weighted by atomic mass is 16.5. The number of ether oxygens (including phenoxy) is 1. The summed E-state index contributed by atoms with van der Waals surface area (Å²) in [7, 11) is 0. The summed E-state index contributed by atoms with van der Waals surface area (Å²) in [6, 6.07) is 52.0. The van der Waals surface area contributed by atoms with Gasteiger partial charge in [-0.25, -0.2) is 0 Å². The minimum atomic E-state index is 0.0565. The Morgan fingerprint density at radius 1 is 0.367 bits per heavy atom. The van der Waals surface area contributed by atoms with E-state index in [1.807, 2.05) is 30.3 Å². The van der Waals surface area contributed by atoms with Crippen LogP contribution in [0.4, 0.5) is 34.1 Å². The SMILES string of the molecule is Cc1ccc(N(c2ccc(C(C)(C)C)cc2)c2cc(Oc3ccccc3)cc(N(c3ccc(C)cc3)c3ccc(C(C)(C)C)cc3)c2)cc1. The van der Waals surface area contributed by atoms with Gasteiger partial charge in [-0.05, 0) is 103 Å². The first-order chi connectivity index (χ1) is 23.3. The fraction of sp³-hybridized carbons (Fsp3) is 0.217. The Bertz CT molecular complexity index is 1850. The third kappa shape index (κ3) is 7.90. The van der Waals surface area contributed by atoms with Crippen LogP contribution >= 0.6 is 0 Å². The molecule has 0 aliphatic rings. The van der Waals surface area contributed by atoms with Crippen molar-refractivity contribution in [1.82, 2.24) is 0 Å². The van der Waals surface area contributed by atoms with Crippen molar-refractivity contribution >= 4 is 34.1 Å². The molecule has 0 bridgehead atoms. The number of rotatable bonds is 8. The van der Waals surface area contributed by atoms with E-state index < -0.39 is 0 Å². The van der Waals surface area contributed by atoms with Crippen LogP contribution in [0, 0.1) is 13.8 Å². The molecule has 6 aromatic rings. The third-order valence-corrected chi connectivity index (χ3v) is 8.94. The molecule has 6 rings (SSSR count). The predicted octanol–water partition coefficient (Wildman–Crippen LogP) is 13.6. The monoisotopic (exact) mass is 644 g/mol. The molecule has 0 radical (unpaired) electrons. The maximum atomic E-state index is 6.62. The highest BCUT2D eigenvalue weighted by Gasteiger charge is 2.22. The number of nitrogens with zero attached hydrogens (tertiary/aromatic N) is 2. The molecule has 49 heavy (non-hydrogen) atoms. The number of benzene rings is 6. The maximum Gasteiger partial charge on any atom is 0.131 e. The predicted molar refractivity (Wildman–Crippen MR) is 209 cm³/mol. The van der Waals surface area contributed by atoms with Crippen LogP contribution in [0.1, 0.15) is 63.8 Å². The van der Waals surface area contributed by atoms with Gasteiger partial charge in [0.05, 0.1) is 11.4 Å². The van der Waals surface area contributed by atoms with Crippen molar-refractivity contribution in [2.75, 3.05) is 9.80 Å². The summed E-state index contributed by atoms with van der Waals surface area (Å²) in [6.07, 6.45) is 0. The Labute approximate surface area is 293 Å². The van der Waals surface area contributed by atoms with Crippen molar-refractivity contribution in [1.29, 1.82) is 0 Å². The van der Waals surface area contributed by atoms with Gasteiger partial charge in [-0.3, -0.25) is 0 Å². The van der Waals surface area contributed by atoms with Gasteiger partial charge in [0.2, 0.25) is 0 Å². The fourth-order valence-corrected chi connectivity index (χ4v) is 6.01. The van der Waals surface area contributed by atoms with Gasteiger partial charge in [-0.15, -0.1) is 0 Å². The van der Waals surface area contributed by atoms with Gasteiger partial charge in [0.15, 0.2) is 0 Å². The molecule has 0 aromatic heterocycles. The van der Waals surface area contributed by atoms with Crippen LogP contribution in [-0.2, 0) is 10.8 Å². The van der Waals surface area contributed by atoms with Gasteiger partial charge >= 0.3 is 0 Å². The average Bonchev–Trinajstić information content (AvgIpc) is 3.07. The van der Waals surface area contributed by atoms with E-state index in [0.29, 0.717) is 0 Å². The lowest BCUT2D eigenvalue weighted by Crippen LogP contribution is -2.15. The molecule has 0 saturated heterocycles. The van der Waals surface area contributed by atoms with E-state index in [9.17, 15) is 0 Å². The molecule has 0 aliphatic heterocycles. The van der Waals surface area contributed by atoms with Gasteiger partial charge in [0, 0.05) is 34.9 Å². The molecule has 0 atom stereocenters. The van der Waals surface area contributed by atoms with Crippen LogP contribution in [-0.4, -0.2) is 0 Å². The summed E-state index contributed by atoms with van der Waals surface area (Å²) in [5, 5.41) is 0. The lowest BCUT2D eigenvalue weighted by molar-refractivity contribution is 0.483. The molecule has 0 heterocycles. The van der Waals surface area contributed by atoms with E-state index in [4.69, 9.17) is 4.74 Å². The normalized spacial score (nSPS) is 11.7. The number of anilines is 6. The van der Waals surface area contributed by atoms with E-state index in [1.165, 1.54) is 22.3 Å². The highest BCUT2D eigenvalue weighted by molar-refractivity contribution is 5.84. The minimum absolute atomic E-state index is 0.0565. The molecule has 6 aromatic carbocycles. The van der Waals surface area contributed by atoms with Crippen LogP contribution in [0.5, 0.6) is 11.5 Å². The van der Waals surface area contributed by atoms with Crippen molar-refractivity contribution in [2.45, 2.75) is 66.2 Å². The molecular weight excluding hydrogens is 597 g/mol. The molecule has 0 saturated carbocycles. The van der Waals surface area contributed by atoms with Crippen LogP contribution in [0.25, 0.3) is 0 Å². The largest absolute Gasteiger partial charge is 0.457 e. The molecule has 0 amide bonds. The zero-order valence-corrected chi connectivity index (χ0v) is 30.2. The second-order valence-corrected chi connectivity index (χ2v) is 15.0. The molecule has 0 fully saturated rings. The van der Waals surface area contributed by atoms with Crippen molar-refractivity contribution in [2.24, 2.45) is 0 Å². The Morgan fingerprint density at radius 3 is 1.06 bits per heavy atom. The first kappa shape index (κ1) is 33.6.